The Hall–Kier alpha value is -17.3. The minimum absolute atomic E-state index is 0.0781. The fraction of sp³-hybridized carbons (Fsp3) is 0.213. The van der Waals surface area contributed by atoms with Crippen LogP contribution in [0.25, 0.3) is 110 Å². The molecule has 7 aliphatic rings. The van der Waals surface area contributed by atoms with Gasteiger partial charge in [-0.05, 0) is 192 Å². The molecule has 0 radical (unpaired) electrons. The van der Waals surface area contributed by atoms with Crippen molar-refractivity contribution in [3.63, 3.8) is 0 Å². The van der Waals surface area contributed by atoms with Gasteiger partial charge < -0.3 is 80.9 Å². The number of allylic oxidation sites excluding steroid dienone is 4. The zero-order valence-corrected chi connectivity index (χ0v) is 78.3. The number of hydrogen-bond donors (Lipinski definition) is 16. The van der Waals surface area contributed by atoms with Crippen LogP contribution in [0.3, 0.4) is 0 Å². The van der Waals surface area contributed by atoms with E-state index in [-0.39, 0.29) is 23.7 Å². The molecule has 143 heavy (non-hydrogen) atoms. The van der Waals surface area contributed by atoms with Crippen molar-refractivity contribution in [3.8, 4) is 28.3 Å². The first-order valence-corrected chi connectivity index (χ1v) is 47.4. The highest BCUT2D eigenvalue weighted by molar-refractivity contribution is 6.03. The lowest BCUT2D eigenvalue weighted by Crippen LogP contribution is -2.36. The molecule has 35 heteroatoms. The topological polar surface area (TPSA) is 506 Å². The average Bonchev–Trinajstić information content (AvgIpc) is 1.74. The first-order chi connectivity index (χ1) is 69.9. The number of fused-ring (bicyclic) bond motifs is 6. The summed E-state index contributed by atoms with van der Waals surface area (Å²) in [5.41, 5.74) is 60.0. The second kappa shape index (κ2) is 44.2. The summed E-state index contributed by atoms with van der Waals surface area (Å²) in [7, 11) is 0. The number of aliphatic hydroxyl groups is 1. The summed E-state index contributed by atoms with van der Waals surface area (Å²) in [4.78, 5) is 51.4. The van der Waals surface area contributed by atoms with Gasteiger partial charge in [0.2, 0.25) is 0 Å². The third-order valence-electron chi connectivity index (χ3n) is 25.4. The molecule has 1 saturated carbocycles. The molecule has 0 bridgehead atoms. The normalized spacial score (nSPS) is 16.5. The van der Waals surface area contributed by atoms with Crippen LogP contribution in [0.5, 0.6) is 5.75 Å². The van der Waals surface area contributed by atoms with Crippen molar-refractivity contribution in [2.45, 2.75) is 88.2 Å². The molecule has 2 saturated heterocycles. The van der Waals surface area contributed by atoms with Crippen LogP contribution in [-0.2, 0) is 23.8 Å². The Morgan fingerprint density at radius 3 is 1.34 bits per heavy atom. The Kier molecular flexibility index (Phi) is 29.3. The van der Waals surface area contributed by atoms with Crippen molar-refractivity contribution in [3.05, 3.63) is 295 Å². The molecule has 0 spiro atoms. The number of hydrogen-bond acceptors (Lipinski definition) is 30. The van der Waals surface area contributed by atoms with Gasteiger partial charge in [0.25, 0.3) is 0 Å². The van der Waals surface area contributed by atoms with E-state index in [9.17, 15) is 13.9 Å². The van der Waals surface area contributed by atoms with Gasteiger partial charge in [-0.3, -0.25) is 45.2 Å². The summed E-state index contributed by atoms with van der Waals surface area (Å²) in [5.74, 6) is 0.312. The summed E-state index contributed by atoms with van der Waals surface area (Å²) in [6.07, 6.45) is 32.7. The first kappa shape index (κ1) is 94.6. The van der Waals surface area contributed by atoms with Gasteiger partial charge in [-0.25, -0.2) is 29.9 Å². The number of rotatable bonds is 23. The molecule has 722 valence electrons. The number of aromatic nitrogens is 14. The van der Waals surface area contributed by atoms with E-state index in [0.717, 1.165) is 216 Å². The number of halogens is 2. The molecule has 1 unspecified atom stereocenters. The van der Waals surface area contributed by atoms with Crippen LogP contribution in [0, 0.1) is 0 Å². The van der Waals surface area contributed by atoms with Gasteiger partial charge in [0.15, 0.2) is 0 Å². The number of nitrogens with one attached hydrogen (secondary N) is 9. The van der Waals surface area contributed by atoms with Crippen LogP contribution < -0.4 is 71.0 Å². The molecule has 4 atom stereocenters. The Morgan fingerprint density at radius 2 is 0.888 bits per heavy atom. The van der Waals surface area contributed by atoms with Gasteiger partial charge in [0.05, 0.1) is 108 Å². The number of nitrogens with zero attached hydrogens (tertiary/aromatic N) is 15. The van der Waals surface area contributed by atoms with Crippen LogP contribution in [0.1, 0.15) is 84.2 Å². The molecule has 22 N–H and O–H groups in total. The van der Waals surface area contributed by atoms with E-state index in [1.807, 2.05) is 146 Å². The predicted octanol–water partition coefficient (Wildman–Crippen LogP) is 17.5. The first-order valence-electron chi connectivity index (χ1n) is 47.4. The van der Waals surface area contributed by atoms with Crippen molar-refractivity contribution in [1.29, 1.82) is 0 Å². The SMILES string of the molecule is Nc1cc(NC2CCOC2)c2ccc(C3=CC=NC3)cc2n1.Nc1cc(NCC(F)(F)c2ccccn2)c2ccc(C3=CC=NC3)cc2n1.Nc1cc(NC[C@H]2CCCN2)c2ccc(-c3ccn[nH]3)cc2n1.Nc1cc(NCc2cccnc2)c2ccc(C3=CC=NC3)cc2n1.Nc1cc(N[C@@H]2CCCC[C@@H]2O)c2ccc(C3=CC=NC3)cc2n1.Nc1cc(OCc2ccn[nH]2)c2ccc(-c3ccn[nH]3)cc2n1. The zero-order chi connectivity index (χ0) is 98.0. The summed E-state index contributed by atoms with van der Waals surface area (Å²) >= 11 is 0. The molecule has 33 nitrogen and oxygen atoms in total. The molecule has 3 fully saturated rings. The molecular formula is C108H108F2N30O3. The maximum Gasteiger partial charge on any atom is 0.306 e. The van der Waals surface area contributed by atoms with Crippen molar-refractivity contribution in [2.75, 3.05) is 120 Å². The lowest BCUT2D eigenvalue weighted by Gasteiger charge is -2.29. The summed E-state index contributed by atoms with van der Waals surface area (Å²) in [5, 5.41) is 57.0. The fourth-order valence-electron chi connectivity index (χ4n) is 18.0. The maximum atomic E-state index is 14.4. The summed E-state index contributed by atoms with van der Waals surface area (Å²) < 4.78 is 40.1. The fourth-order valence-corrected chi connectivity index (χ4v) is 18.0. The van der Waals surface area contributed by atoms with Gasteiger partial charge in [-0.1, -0.05) is 91.7 Å². The van der Waals surface area contributed by atoms with Gasteiger partial charge >= 0.3 is 5.92 Å². The molecular weight excluding hydrogens is 1800 g/mol. The number of nitrogen functional groups attached to an aromatic ring is 6. The molecule has 17 heterocycles. The molecule has 17 aromatic rings. The lowest BCUT2D eigenvalue weighted by molar-refractivity contribution is 0.00601. The van der Waals surface area contributed by atoms with Crippen LogP contribution in [0.15, 0.2) is 276 Å². The summed E-state index contributed by atoms with van der Waals surface area (Å²) in [6.45, 7) is 6.85. The van der Waals surface area contributed by atoms with Gasteiger partial charge in [0.1, 0.15) is 53.0 Å². The molecule has 24 rings (SSSR count). The highest BCUT2D eigenvalue weighted by atomic mass is 19.3. The monoisotopic (exact) mass is 1910 g/mol. The second-order valence-electron chi connectivity index (χ2n) is 35.4. The molecule has 0 amide bonds. The number of aliphatic hydroxyl groups excluding tert-OH is 1. The number of aromatic amines is 3. The largest absolute Gasteiger partial charge is 0.486 e. The van der Waals surface area contributed by atoms with Crippen LogP contribution in [-0.4, -0.2) is 184 Å². The number of alkyl halides is 2. The highest BCUT2D eigenvalue weighted by Crippen LogP contribution is 2.39. The van der Waals surface area contributed by atoms with E-state index in [1.165, 1.54) is 41.8 Å². The Bertz CT molecular complexity index is 7660. The van der Waals surface area contributed by atoms with E-state index in [2.05, 4.69) is 189 Å². The number of pyridine rings is 8. The van der Waals surface area contributed by atoms with Crippen LogP contribution in [0.2, 0.25) is 0 Å². The van der Waals surface area contributed by atoms with Gasteiger partial charge in [0, 0.05) is 196 Å². The minimum atomic E-state index is -3.11. The van der Waals surface area contributed by atoms with Crippen molar-refractivity contribution >= 4 is 176 Å². The Morgan fingerprint density at radius 1 is 0.427 bits per heavy atom. The number of aliphatic imine (C=N–C) groups is 4. The van der Waals surface area contributed by atoms with Crippen LogP contribution in [0.4, 0.5) is 72.1 Å². The molecule has 11 aromatic heterocycles. The Balaban J connectivity index is 0.000000109. The van der Waals surface area contributed by atoms with Crippen molar-refractivity contribution in [2.24, 2.45) is 20.0 Å². The highest BCUT2D eigenvalue weighted by Gasteiger charge is 2.34. The molecule has 6 aromatic carbocycles. The van der Waals surface area contributed by atoms with Crippen LogP contribution >= 0.6 is 0 Å². The van der Waals surface area contributed by atoms with Gasteiger partial charge in [-0.2, -0.15) is 24.1 Å². The van der Waals surface area contributed by atoms with E-state index in [0.29, 0.717) is 84.4 Å². The third kappa shape index (κ3) is 23.7. The van der Waals surface area contributed by atoms with Gasteiger partial charge in [-0.15, -0.1) is 0 Å². The number of ether oxygens (including phenoxy) is 2. The lowest BCUT2D eigenvalue weighted by atomic mass is 9.92. The molecule has 6 aliphatic heterocycles. The van der Waals surface area contributed by atoms with E-state index in [4.69, 9.17) is 43.9 Å². The van der Waals surface area contributed by atoms with Crippen molar-refractivity contribution in [1.82, 2.24) is 75.8 Å². The molecule has 1 aliphatic carbocycles. The van der Waals surface area contributed by atoms with E-state index < -0.39 is 12.5 Å². The second-order valence-corrected chi connectivity index (χ2v) is 35.4. The number of nitrogens with two attached hydrogens (primary N) is 6. The maximum absolute atomic E-state index is 14.4. The number of H-pyrrole nitrogens is 3. The average molecular weight is 1910 g/mol. The summed E-state index contributed by atoms with van der Waals surface area (Å²) in [6, 6.07) is 62.6. The minimum Gasteiger partial charge on any atom is -0.486 e. The standard InChI is InChI=1S/C20H17F2N5.C19H17N5.C19H22N4O.C17H20N6.C17H18N4O.C16H14N6O/c21-20(22,18-3-1-2-7-25-18)12-26-16-10-19(23)27-17-9-13(4-5-15(16)17)14-6-8-24-11-14;20-19-9-17(23-11-13-2-1-6-21-10-13)16-4-3-14(8-18(16)24-19)15-5-7-22-12-15;20-19-10-17(22-15-3-1-2-4-18(15)24)14-6-5-12(9-16(14)23-19)13-7-8-21-11-13;18-17-9-15(20-10-12-2-1-6-19-12)13-4-3-11(8-16(13)22-17)14-5-7-21-23-14;18-17-8-16(20-13-4-6-22-10-13)14-2-1-11(7-15(14)21-17)12-3-5-19-9-12;17-16-8-15(23-9-11-3-5-18-21-11)12-2-1-10(7-14(12)20-16)13-4-6-19-22-13/h1-10H,11-12H2,(H3,23,26,27);1-10H,11-12H2,(H3,20,23,24);5-10,15,18,24H,1-4,11H2,(H3,20,22,23);3-5,7-9,12,19H,1-2,6,10H2,(H,21,23)(H3,18,20,22);1-3,5,7-8,13H,4,6,9-10H2,(H3,18,20,21);1-8H,9H2,(H2,17,20)(H,18,21)(H,19,22)/t;;15-,18+;12-;;/m..11../s1. The predicted molar refractivity (Wildman–Crippen MR) is 573 cm³/mol. The number of benzene rings is 6. The van der Waals surface area contributed by atoms with E-state index in [1.54, 1.807) is 55.3 Å². The van der Waals surface area contributed by atoms with E-state index >= 15 is 0 Å². The van der Waals surface area contributed by atoms with Crippen molar-refractivity contribution < 1.29 is 23.4 Å². The Labute approximate surface area is 821 Å². The quantitative estimate of drug-likeness (QED) is 0.0283. The zero-order valence-electron chi connectivity index (χ0n) is 78.3. The number of anilines is 11. The smallest absolute Gasteiger partial charge is 0.306 e. The third-order valence-corrected chi connectivity index (χ3v) is 25.4.